The maximum atomic E-state index is 9.75. The van der Waals surface area contributed by atoms with Crippen LogP contribution in [0.1, 0.15) is 25.1 Å². The van der Waals surface area contributed by atoms with Crippen molar-refractivity contribution in [2.24, 2.45) is 4.99 Å². The van der Waals surface area contributed by atoms with Crippen molar-refractivity contribution in [2.75, 3.05) is 13.2 Å². The molecule has 0 spiro atoms. The van der Waals surface area contributed by atoms with Gasteiger partial charge in [0.15, 0.2) is 17.5 Å². The predicted molar refractivity (Wildman–Crippen MR) is 111 cm³/mol. The number of guanidine groups is 1. The fourth-order valence-electron chi connectivity index (χ4n) is 2.12. The van der Waals surface area contributed by atoms with Crippen LogP contribution < -0.4 is 15.4 Å². The minimum atomic E-state index is 0. The van der Waals surface area contributed by atoms with E-state index in [2.05, 4.69) is 20.6 Å². The molecule has 0 saturated carbocycles. The van der Waals surface area contributed by atoms with Gasteiger partial charge in [-0.3, -0.25) is 4.98 Å². The molecule has 6 nitrogen and oxygen atoms in total. The third kappa shape index (κ3) is 7.16. The second kappa shape index (κ2) is 11.5. The van der Waals surface area contributed by atoms with Crippen LogP contribution in [-0.4, -0.2) is 29.2 Å². The standard InChI is InChI=1S/C18H24N4O2.HI/c1-3-19-18(22-13-15-7-5-6-10-20-15)21-12-14-8-9-16(23)17(11-14)24-4-2;/h5-11,23H,3-4,12-13H2,1-2H3,(H2,19,21,22);1H. The van der Waals surface area contributed by atoms with Gasteiger partial charge in [-0.2, -0.15) is 0 Å². The SMILES string of the molecule is CCNC(=NCc1ccc(O)c(OCC)c1)NCc1ccccn1.I. The number of nitrogens with zero attached hydrogens (tertiary/aromatic N) is 2. The molecule has 0 bridgehead atoms. The molecule has 0 fully saturated rings. The second-order valence-corrected chi connectivity index (χ2v) is 5.10. The summed E-state index contributed by atoms with van der Waals surface area (Å²) in [6.07, 6.45) is 1.77. The van der Waals surface area contributed by atoms with Gasteiger partial charge in [-0.1, -0.05) is 12.1 Å². The van der Waals surface area contributed by atoms with Gasteiger partial charge >= 0.3 is 0 Å². The van der Waals surface area contributed by atoms with Gasteiger partial charge in [0, 0.05) is 12.7 Å². The molecule has 1 aromatic heterocycles. The number of rotatable bonds is 7. The zero-order valence-electron chi connectivity index (χ0n) is 14.5. The van der Waals surface area contributed by atoms with Gasteiger partial charge < -0.3 is 20.5 Å². The molecular weight excluding hydrogens is 431 g/mol. The van der Waals surface area contributed by atoms with E-state index in [1.54, 1.807) is 12.3 Å². The van der Waals surface area contributed by atoms with Crippen LogP contribution in [0.2, 0.25) is 0 Å². The summed E-state index contributed by atoms with van der Waals surface area (Å²) in [4.78, 5) is 8.84. The zero-order chi connectivity index (χ0) is 17.2. The van der Waals surface area contributed by atoms with Crippen LogP contribution in [0.5, 0.6) is 11.5 Å². The van der Waals surface area contributed by atoms with Gasteiger partial charge in [0.25, 0.3) is 0 Å². The lowest BCUT2D eigenvalue weighted by molar-refractivity contribution is 0.318. The van der Waals surface area contributed by atoms with Crippen LogP contribution >= 0.6 is 24.0 Å². The van der Waals surface area contributed by atoms with Crippen molar-refractivity contribution in [1.29, 1.82) is 0 Å². The molecule has 136 valence electrons. The third-order valence-corrected chi connectivity index (χ3v) is 3.25. The van der Waals surface area contributed by atoms with E-state index in [0.717, 1.165) is 17.8 Å². The minimum Gasteiger partial charge on any atom is -0.504 e. The lowest BCUT2D eigenvalue weighted by Crippen LogP contribution is -2.36. The Bertz CT molecular complexity index is 665. The highest BCUT2D eigenvalue weighted by Crippen LogP contribution is 2.27. The number of hydrogen-bond donors (Lipinski definition) is 3. The summed E-state index contributed by atoms with van der Waals surface area (Å²) in [6, 6.07) is 11.1. The molecule has 2 rings (SSSR count). The summed E-state index contributed by atoms with van der Waals surface area (Å²) in [5, 5.41) is 16.2. The van der Waals surface area contributed by atoms with Crippen LogP contribution in [-0.2, 0) is 13.1 Å². The van der Waals surface area contributed by atoms with Gasteiger partial charge in [0.1, 0.15) is 0 Å². The fraction of sp³-hybridized carbons (Fsp3) is 0.333. The Morgan fingerprint density at radius 1 is 1.20 bits per heavy atom. The van der Waals surface area contributed by atoms with E-state index in [1.165, 1.54) is 0 Å². The molecule has 0 amide bonds. The average molecular weight is 456 g/mol. The smallest absolute Gasteiger partial charge is 0.191 e. The molecule has 0 aliphatic rings. The third-order valence-electron chi connectivity index (χ3n) is 3.25. The molecule has 7 heteroatoms. The average Bonchev–Trinajstić information content (AvgIpc) is 2.61. The first-order valence-corrected chi connectivity index (χ1v) is 8.09. The first kappa shape index (κ1) is 21.0. The largest absolute Gasteiger partial charge is 0.504 e. The van der Waals surface area contributed by atoms with Gasteiger partial charge in [-0.25, -0.2) is 4.99 Å². The summed E-state index contributed by atoms with van der Waals surface area (Å²) in [7, 11) is 0. The molecule has 0 aliphatic carbocycles. The van der Waals surface area contributed by atoms with Crippen molar-refractivity contribution in [1.82, 2.24) is 15.6 Å². The van der Waals surface area contributed by atoms with Gasteiger partial charge in [-0.15, -0.1) is 24.0 Å². The van der Waals surface area contributed by atoms with Crippen molar-refractivity contribution >= 4 is 29.9 Å². The topological polar surface area (TPSA) is 78.8 Å². The summed E-state index contributed by atoms with van der Waals surface area (Å²) in [5.41, 5.74) is 1.91. The quantitative estimate of drug-likeness (QED) is 0.339. The van der Waals surface area contributed by atoms with E-state index in [9.17, 15) is 5.11 Å². The number of nitrogens with one attached hydrogen (secondary N) is 2. The Balaban J connectivity index is 0.00000312. The van der Waals surface area contributed by atoms with Gasteiger partial charge in [0.2, 0.25) is 0 Å². The van der Waals surface area contributed by atoms with E-state index in [1.807, 2.05) is 44.2 Å². The Hall–Kier alpha value is -2.03. The highest BCUT2D eigenvalue weighted by atomic mass is 127. The molecule has 2 aromatic rings. The molecule has 3 N–H and O–H groups in total. The lowest BCUT2D eigenvalue weighted by atomic mass is 10.2. The minimum absolute atomic E-state index is 0. The number of ether oxygens (including phenoxy) is 1. The van der Waals surface area contributed by atoms with Crippen molar-refractivity contribution in [3.63, 3.8) is 0 Å². The molecular formula is C18H25IN4O2. The molecule has 1 aromatic carbocycles. The Morgan fingerprint density at radius 3 is 2.72 bits per heavy atom. The van der Waals surface area contributed by atoms with Crippen molar-refractivity contribution in [3.05, 3.63) is 53.9 Å². The van der Waals surface area contributed by atoms with E-state index in [-0.39, 0.29) is 29.7 Å². The predicted octanol–water partition coefficient (Wildman–Crippen LogP) is 3.06. The van der Waals surface area contributed by atoms with Crippen molar-refractivity contribution in [2.45, 2.75) is 26.9 Å². The fourth-order valence-corrected chi connectivity index (χ4v) is 2.12. The molecule has 1 heterocycles. The van der Waals surface area contributed by atoms with Gasteiger partial charge in [0.05, 0.1) is 25.4 Å². The van der Waals surface area contributed by atoms with Crippen LogP contribution in [0, 0.1) is 0 Å². The normalized spacial score (nSPS) is 10.7. The van der Waals surface area contributed by atoms with Crippen molar-refractivity contribution < 1.29 is 9.84 Å². The Labute approximate surface area is 165 Å². The number of aromatic hydroxyl groups is 1. The number of benzene rings is 1. The first-order valence-electron chi connectivity index (χ1n) is 8.09. The van der Waals surface area contributed by atoms with Crippen LogP contribution in [0.25, 0.3) is 0 Å². The number of aliphatic imine (C=N–C) groups is 1. The lowest BCUT2D eigenvalue weighted by Gasteiger charge is -2.11. The summed E-state index contributed by atoms with van der Waals surface area (Å²) >= 11 is 0. The zero-order valence-corrected chi connectivity index (χ0v) is 16.9. The number of phenolic OH excluding ortho intramolecular Hbond substituents is 1. The summed E-state index contributed by atoms with van der Waals surface area (Å²) < 4.78 is 5.40. The maximum Gasteiger partial charge on any atom is 0.191 e. The summed E-state index contributed by atoms with van der Waals surface area (Å²) in [6.45, 7) is 6.27. The number of phenols is 1. The monoisotopic (exact) mass is 456 g/mol. The molecule has 0 saturated heterocycles. The molecule has 25 heavy (non-hydrogen) atoms. The molecule has 0 aliphatic heterocycles. The first-order chi connectivity index (χ1) is 11.7. The number of halogens is 1. The second-order valence-electron chi connectivity index (χ2n) is 5.10. The molecule has 0 atom stereocenters. The van der Waals surface area contributed by atoms with E-state index in [4.69, 9.17) is 4.74 Å². The summed E-state index contributed by atoms with van der Waals surface area (Å²) in [5.74, 6) is 1.34. The highest BCUT2D eigenvalue weighted by Gasteiger charge is 2.04. The van der Waals surface area contributed by atoms with Crippen LogP contribution in [0.3, 0.4) is 0 Å². The maximum absolute atomic E-state index is 9.75. The highest BCUT2D eigenvalue weighted by molar-refractivity contribution is 14.0. The van der Waals surface area contributed by atoms with Gasteiger partial charge in [-0.05, 0) is 43.7 Å². The van der Waals surface area contributed by atoms with E-state index >= 15 is 0 Å². The molecule has 0 unspecified atom stereocenters. The Kier molecular flexibility index (Phi) is 9.68. The molecule has 0 radical (unpaired) electrons. The number of aromatic nitrogens is 1. The Morgan fingerprint density at radius 2 is 2.04 bits per heavy atom. The van der Waals surface area contributed by atoms with E-state index in [0.29, 0.717) is 31.4 Å². The van der Waals surface area contributed by atoms with Crippen molar-refractivity contribution in [3.8, 4) is 11.5 Å². The number of pyridine rings is 1. The van der Waals surface area contributed by atoms with E-state index < -0.39 is 0 Å². The number of hydrogen-bond acceptors (Lipinski definition) is 4. The van der Waals surface area contributed by atoms with Crippen LogP contribution in [0.4, 0.5) is 0 Å². The van der Waals surface area contributed by atoms with Crippen LogP contribution in [0.15, 0.2) is 47.6 Å².